The molecule has 0 saturated carbocycles. The van der Waals surface area contributed by atoms with Gasteiger partial charge in [-0.25, -0.2) is 0 Å². The third-order valence-electron chi connectivity index (χ3n) is 3.76. The Kier molecular flexibility index (Phi) is 4.78. The number of rotatable bonds is 4. The zero-order valence-electron chi connectivity index (χ0n) is 15.1. The van der Waals surface area contributed by atoms with E-state index in [0.717, 1.165) is 11.3 Å². The first-order valence-electron chi connectivity index (χ1n) is 8.10. The number of carbonyl (C=O) groups excluding carboxylic acids is 1. The highest BCUT2D eigenvalue weighted by Gasteiger charge is 2.20. The summed E-state index contributed by atoms with van der Waals surface area (Å²) in [5, 5.41) is 20.0. The van der Waals surface area contributed by atoms with Gasteiger partial charge in [-0.1, -0.05) is 32.4 Å². The SMILES string of the molecule is Cn1nc(C(C)(C)C)cc1NC(=O)Cn1nnc(-c2ccc(Cl)cc2)n1. The Morgan fingerprint density at radius 2 is 1.88 bits per heavy atom. The molecule has 0 atom stereocenters. The van der Waals surface area contributed by atoms with Crippen LogP contribution >= 0.6 is 11.6 Å². The third kappa shape index (κ3) is 4.08. The average Bonchev–Trinajstić information content (AvgIpc) is 3.15. The molecule has 3 aromatic rings. The van der Waals surface area contributed by atoms with E-state index in [4.69, 9.17) is 11.6 Å². The van der Waals surface area contributed by atoms with Crippen LogP contribution in [0.4, 0.5) is 5.82 Å². The van der Waals surface area contributed by atoms with Crippen LogP contribution in [0.25, 0.3) is 11.4 Å². The number of tetrazole rings is 1. The van der Waals surface area contributed by atoms with Crippen LogP contribution in [-0.4, -0.2) is 35.9 Å². The zero-order valence-corrected chi connectivity index (χ0v) is 15.8. The van der Waals surface area contributed by atoms with Crippen molar-refractivity contribution in [1.82, 2.24) is 30.0 Å². The van der Waals surface area contributed by atoms with Crippen LogP contribution in [0.3, 0.4) is 0 Å². The van der Waals surface area contributed by atoms with Crippen molar-refractivity contribution in [3.8, 4) is 11.4 Å². The summed E-state index contributed by atoms with van der Waals surface area (Å²) in [6.45, 7) is 6.16. The van der Waals surface area contributed by atoms with Gasteiger partial charge in [-0.15, -0.1) is 10.2 Å². The van der Waals surface area contributed by atoms with Crippen LogP contribution in [0.5, 0.6) is 0 Å². The highest BCUT2D eigenvalue weighted by Crippen LogP contribution is 2.23. The van der Waals surface area contributed by atoms with Gasteiger partial charge in [-0.2, -0.15) is 9.90 Å². The van der Waals surface area contributed by atoms with Crippen molar-refractivity contribution in [3.05, 3.63) is 41.0 Å². The fourth-order valence-corrected chi connectivity index (χ4v) is 2.41. The molecule has 0 aliphatic carbocycles. The molecular formula is C17H20ClN7O. The van der Waals surface area contributed by atoms with Gasteiger partial charge in [0.25, 0.3) is 0 Å². The molecule has 0 radical (unpaired) electrons. The van der Waals surface area contributed by atoms with Crippen LogP contribution in [0.1, 0.15) is 26.5 Å². The van der Waals surface area contributed by atoms with E-state index in [0.29, 0.717) is 16.7 Å². The summed E-state index contributed by atoms with van der Waals surface area (Å²) in [4.78, 5) is 13.5. The normalized spacial score (nSPS) is 11.6. The fraction of sp³-hybridized carbons (Fsp3) is 0.353. The second-order valence-electron chi connectivity index (χ2n) is 6.99. The maximum absolute atomic E-state index is 12.3. The Morgan fingerprint density at radius 3 is 2.50 bits per heavy atom. The molecule has 0 aliphatic rings. The van der Waals surface area contributed by atoms with Gasteiger partial charge in [0, 0.05) is 29.1 Å². The molecule has 0 aliphatic heterocycles. The highest BCUT2D eigenvalue weighted by molar-refractivity contribution is 6.30. The van der Waals surface area contributed by atoms with E-state index >= 15 is 0 Å². The second-order valence-corrected chi connectivity index (χ2v) is 7.42. The summed E-state index contributed by atoms with van der Waals surface area (Å²) in [5.41, 5.74) is 1.59. The molecule has 0 spiro atoms. The number of aryl methyl sites for hydroxylation is 1. The highest BCUT2D eigenvalue weighted by atomic mass is 35.5. The summed E-state index contributed by atoms with van der Waals surface area (Å²) < 4.78 is 1.65. The van der Waals surface area contributed by atoms with Crippen molar-refractivity contribution < 1.29 is 4.79 Å². The average molecular weight is 374 g/mol. The van der Waals surface area contributed by atoms with Crippen LogP contribution in [0.2, 0.25) is 5.02 Å². The summed E-state index contributed by atoms with van der Waals surface area (Å²) in [6, 6.07) is 8.96. The number of anilines is 1. The monoisotopic (exact) mass is 373 g/mol. The van der Waals surface area contributed by atoms with Crippen LogP contribution in [-0.2, 0) is 23.8 Å². The van der Waals surface area contributed by atoms with Gasteiger partial charge in [-0.05, 0) is 29.5 Å². The van der Waals surface area contributed by atoms with E-state index < -0.39 is 0 Å². The Hall–Kier alpha value is -2.74. The Bertz CT molecular complexity index is 921. The lowest BCUT2D eigenvalue weighted by atomic mass is 9.92. The maximum atomic E-state index is 12.3. The van der Waals surface area contributed by atoms with Crippen molar-refractivity contribution in [2.75, 3.05) is 5.32 Å². The summed E-state index contributed by atoms with van der Waals surface area (Å²) in [7, 11) is 1.79. The van der Waals surface area contributed by atoms with Crippen molar-refractivity contribution in [1.29, 1.82) is 0 Å². The van der Waals surface area contributed by atoms with E-state index in [2.05, 4.69) is 46.6 Å². The van der Waals surface area contributed by atoms with Crippen molar-refractivity contribution >= 4 is 23.3 Å². The van der Waals surface area contributed by atoms with Gasteiger partial charge < -0.3 is 5.32 Å². The molecule has 136 valence electrons. The maximum Gasteiger partial charge on any atom is 0.249 e. The van der Waals surface area contributed by atoms with Gasteiger partial charge >= 0.3 is 0 Å². The molecule has 8 nitrogen and oxygen atoms in total. The van der Waals surface area contributed by atoms with E-state index in [-0.39, 0.29) is 17.9 Å². The van der Waals surface area contributed by atoms with Crippen LogP contribution < -0.4 is 5.32 Å². The molecular weight excluding hydrogens is 354 g/mol. The lowest BCUT2D eigenvalue weighted by Crippen LogP contribution is -2.21. The largest absolute Gasteiger partial charge is 0.309 e. The Labute approximate surface area is 156 Å². The molecule has 2 heterocycles. The predicted octanol–water partition coefficient (Wildman–Crippen LogP) is 2.66. The number of nitrogens with zero attached hydrogens (tertiary/aromatic N) is 6. The topological polar surface area (TPSA) is 90.5 Å². The molecule has 9 heteroatoms. The number of nitrogens with one attached hydrogen (secondary N) is 1. The molecule has 0 unspecified atom stereocenters. The lowest BCUT2D eigenvalue weighted by Gasteiger charge is -2.13. The molecule has 1 amide bonds. The standard InChI is InChI=1S/C17H20ClN7O/c1-17(2,3)13-9-14(24(4)21-13)19-15(26)10-25-22-16(20-23-25)11-5-7-12(18)8-6-11/h5-9H,10H2,1-4H3,(H,19,26). The van der Waals surface area contributed by atoms with Gasteiger partial charge in [-0.3, -0.25) is 9.48 Å². The van der Waals surface area contributed by atoms with Gasteiger partial charge in [0.05, 0.1) is 5.69 Å². The fourth-order valence-electron chi connectivity index (χ4n) is 2.29. The smallest absolute Gasteiger partial charge is 0.249 e. The molecule has 3 rings (SSSR count). The first kappa shape index (κ1) is 18.1. The summed E-state index contributed by atoms with van der Waals surface area (Å²) in [6.07, 6.45) is 0. The molecule has 0 bridgehead atoms. The zero-order chi connectivity index (χ0) is 18.9. The van der Waals surface area contributed by atoms with Gasteiger partial charge in [0.1, 0.15) is 12.4 Å². The number of amides is 1. The number of hydrogen-bond acceptors (Lipinski definition) is 5. The Morgan fingerprint density at radius 1 is 1.19 bits per heavy atom. The minimum absolute atomic E-state index is 0.0450. The number of aromatic nitrogens is 6. The quantitative estimate of drug-likeness (QED) is 0.759. The summed E-state index contributed by atoms with van der Waals surface area (Å²) in [5.74, 6) is 0.802. The van der Waals surface area contributed by atoms with E-state index in [1.807, 2.05) is 6.07 Å². The van der Waals surface area contributed by atoms with Gasteiger partial charge in [0.2, 0.25) is 11.7 Å². The van der Waals surface area contributed by atoms with Gasteiger partial charge in [0.15, 0.2) is 0 Å². The molecule has 1 N–H and O–H groups in total. The van der Waals surface area contributed by atoms with E-state index in [1.165, 1.54) is 4.80 Å². The first-order valence-corrected chi connectivity index (χ1v) is 8.48. The molecule has 2 aromatic heterocycles. The van der Waals surface area contributed by atoms with E-state index in [1.54, 1.807) is 36.0 Å². The molecule has 0 saturated heterocycles. The molecule has 1 aromatic carbocycles. The predicted molar refractivity (Wildman–Crippen MR) is 98.8 cm³/mol. The molecule has 0 fully saturated rings. The van der Waals surface area contributed by atoms with Crippen LogP contribution in [0, 0.1) is 0 Å². The van der Waals surface area contributed by atoms with Crippen molar-refractivity contribution in [3.63, 3.8) is 0 Å². The van der Waals surface area contributed by atoms with Crippen LogP contribution in [0.15, 0.2) is 30.3 Å². The minimum Gasteiger partial charge on any atom is -0.309 e. The lowest BCUT2D eigenvalue weighted by molar-refractivity contribution is -0.117. The minimum atomic E-state index is -0.256. The number of hydrogen-bond donors (Lipinski definition) is 1. The Balaban J connectivity index is 1.68. The third-order valence-corrected chi connectivity index (χ3v) is 4.01. The van der Waals surface area contributed by atoms with Crippen molar-refractivity contribution in [2.45, 2.75) is 32.7 Å². The number of halogens is 1. The number of benzene rings is 1. The number of carbonyl (C=O) groups is 1. The first-order chi connectivity index (χ1) is 12.2. The second kappa shape index (κ2) is 6.87. The summed E-state index contributed by atoms with van der Waals surface area (Å²) >= 11 is 5.87. The molecule has 26 heavy (non-hydrogen) atoms. The van der Waals surface area contributed by atoms with Crippen molar-refractivity contribution in [2.24, 2.45) is 7.05 Å². The van der Waals surface area contributed by atoms with E-state index in [9.17, 15) is 4.79 Å².